The number of rotatable bonds is 3. The molecule has 3 nitrogen and oxygen atoms in total. The van der Waals surface area contributed by atoms with Gasteiger partial charge in [0.2, 0.25) is 0 Å². The van der Waals surface area contributed by atoms with Gasteiger partial charge in [0.25, 0.3) is 0 Å². The molecule has 0 unspecified atom stereocenters. The molecule has 0 aromatic carbocycles. The van der Waals surface area contributed by atoms with Crippen molar-refractivity contribution in [2.24, 2.45) is 34.5 Å². The van der Waals surface area contributed by atoms with E-state index in [0.29, 0.717) is 30.1 Å². The number of allylic oxidation sites excluding steroid dienone is 4. The zero-order valence-electron chi connectivity index (χ0n) is 15.8. The number of carboxylic acid groups (broad SMARTS) is 1. The van der Waals surface area contributed by atoms with Gasteiger partial charge in [-0.3, -0.25) is 9.59 Å². The summed E-state index contributed by atoms with van der Waals surface area (Å²) in [6.07, 6.45) is 10.9. The van der Waals surface area contributed by atoms with Crippen molar-refractivity contribution in [3.63, 3.8) is 0 Å². The first-order chi connectivity index (χ1) is 12.3. The third-order valence-electron chi connectivity index (χ3n) is 8.42. The highest BCUT2D eigenvalue weighted by molar-refractivity contribution is 6.32. The monoisotopic (exact) mass is 376 g/mol. The second-order valence-corrected chi connectivity index (χ2v) is 9.96. The highest BCUT2D eigenvalue weighted by Crippen LogP contribution is 2.66. The Morgan fingerprint density at radius 3 is 2.65 bits per heavy atom. The highest BCUT2D eigenvalue weighted by Gasteiger charge is 2.57. The molecule has 0 bridgehead atoms. The number of carbonyl (C=O) groups is 2. The van der Waals surface area contributed by atoms with Crippen molar-refractivity contribution >= 4 is 23.9 Å². The largest absolute Gasteiger partial charge is 0.481 e. The van der Waals surface area contributed by atoms with E-state index in [0.717, 1.165) is 61.8 Å². The lowest BCUT2D eigenvalue weighted by molar-refractivity contribution is -0.138. The summed E-state index contributed by atoms with van der Waals surface area (Å²) >= 11 is 6.64. The van der Waals surface area contributed by atoms with Crippen LogP contribution in [0.5, 0.6) is 0 Å². The maximum Gasteiger partial charge on any atom is 0.303 e. The van der Waals surface area contributed by atoms with E-state index in [9.17, 15) is 9.59 Å². The smallest absolute Gasteiger partial charge is 0.303 e. The molecule has 4 rings (SSSR count). The van der Waals surface area contributed by atoms with Gasteiger partial charge in [0.05, 0.1) is 0 Å². The van der Waals surface area contributed by atoms with Gasteiger partial charge in [0.1, 0.15) is 6.29 Å². The van der Waals surface area contributed by atoms with Crippen LogP contribution in [0.15, 0.2) is 22.3 Å². The van der Waals surface area contributed by atoms with Gasteiger partial charge in [0.15, 0.2) is 0 Å². The number of aldehydes is 1. The van der Waals surface area contributed by atoms with Gasteiger partial charge in [-0.15, -0.1) is 0 Å². The van der Waals surface area contributed by atoms with Gasteiger partial charge >= 0.3 is 5.97 Å². The molecule has 1 N–H and O–H groups in total. The van der Waals surface area contributed by atoms with Crippen LogP contribution in [0.4, 0.5) is 0 Å². The van der Waals surface area contributed by atoms with E-state index < -0.39 is 5.97 Å². The number of hydrogen-bond acceptors (Lipinski definition) is 2. The summed E-state index contributed by atoms with van der Waals surface area (Å²) in [4.78, 5) is 22.6. The molecular formula is C22H29ClO3. The molecule has 0 radical (unpaired) electrons. The van der Waals surface area contributed by atoms with Gasteiger partial charge in [-0.05, 0) is 74.0 Å². The number of carbonyl (C=O) groups excluding carboxylic acids is 1. The second kappa shape index (κ2) is 6.22. The van der Waals surface area contributed by atoms with Crippen LogP contribution in [0.25, 0.3) is 0 Å². The lowest BCUT2D eigenvalue weighted by atomic mass is 9.47. The first-order valence-corrected chi connectivity index (χ1v) is 10.4. The molecule has 0 amide bonds. The van der Waals surface area contributed by atoms with Gasteiger partial charge in [0, 0.05) is 22.4 Å². The normalized spacial score (nSPS) is 44.7. The predicted octanol–water partition coefficient (Wildman–Crippen LogP) is 5.34. The fourth-order valence-electron chi connectivity index (χ4n) is 6.92. The van der Waals surface area contributed by atoms with Crippen molar-refractivity contribution < 1.29 is 14.7 Å². The van der Waals surface area contributed by atoms with Crippen LogP contribution in [0, 0.1) is 34.5 Å². The Labute approximate surface area is 160 Å². The van der Waals surface area contributed by atoms with Crippen molar-refractivity contribution in [1.29, 1.82) is 0 Å². The third-order valence-corrected chi connectivity index (χ3v) is 9.10. The van der Waals surface area contributed by atoms with Crippen molar-refractivity contribution in [2.75, 3.05) is 0 Å². The van der Waals surface area contributed by atoms with E-state index in [1.165, 1.54) is 5.57 Å². The summed E-state index contributed by atoms with van der Waals surface area (Å²) < 4.78 is 0. The van der Waals surface area contributed by atoms with E-state index in [-0.39, 0.29) is 10.8 Å². The lowest BCUT2D eigenvalue weighted by Crippen LogP contribution is -2.49. The molecule has 4 aliphatic rings. The molecule has 0 heterocycles. The third kappa shape index (κ3) is 2.53. The average Bonchev–Trinajstić information content (AvgIpc) is 2.86. The van der Waals surface area contributed by atoms with E-state index in [1.807, 2.05) is 0 Å². The molecule has 26 heavy (non-hydrogen) atoms. The fraction of sp³-hybridized carbons (Fsp3) is 0.727. The van der Waals surface area contributed by atoms with Gasteiger partial charge in [-0.25, -0.2) is 0 Å². The minimum Gasteiger partial charge on any atom is -0.481 e. The molecule has 0 aliphatic heterocycles. The Balaban J connectivity index is 1.61. The Hall–Kier alpha value is -1.09. The van der Waals surface area contributed by atoms with E-state index in [4.69, 9.17) is 16.7 Å². The Kier molecular flexibility index (Phi) is 4.38. The SMILES string of the molecule is C[C@]12CC[C@H](CC(=O)O)CC1=CC[C@@H]1[C@@H]2CC[C@]2(C)C(Cl)=C(C=O)C[C@@H]12. The first kappa shape index (κ1) is 18.3. The molecule has 142 valence electrons. The zero-order chi connectivity index (χ0) is 18.7. The molecule has 4 heteroatoms. The van der Waals surface area contributed by atoms with Crippen LogP contribution in [-0.4, -0.2) is 17.4 Å². The maximum absolute atomic E-state index is 11.5. The van der Waals surface area contributed by atoms with Crippen molar-refractivity contribution in [1.82, 2.24) is 0 Å². The molecule has 0 aromatic rings. The topological polar surface area (TPSA) is 54.4 Å². The quantitative estimate of drug-likeness (QED) is 0.534. The minimum absolute atomic E-state index is 0.0266. The van der Waals surface area contributed by atoms with Crippen molar-refractivity contribution in [3.8, 4) is 0 Å². The summed E-state index contributed by atoms with van der Waals surface area (Å²) in [5, 5.41) is 9.97. The lowest BCUT2D eigenvalue weighted by Gasteiger charge is -2.57. The van der Waals surface area contributed by atoms with Gasteiger partial charge < -0.3 is 5.11 Å². The summed E-state index contributed by atoms with van der Waals surface area (Å²) in [5.74, 6) is 1.32. The minimum atomic E-state index is -0.672. The molecule has 0 spiro atoms. The average molecular weight is 377 g/mol. The van der Waals surface area contributed by atoms with Crippen LogP contribution in [-0.2, 0) is 9.59 Å². The highest BCUT2D eigenvalue weighted by atomic mass is 35.5. The number of aliphatic carboxylic acids is 1. The first-order valence-electron chi connectivity index (χ1n) is 10.0. The fourth-order valence-corrected chi connectivity index (χ4v) is 7.28. The van der Waals surface area contributed by atoms with Crippen LogP contribution < -0.4 is 0 Å². The number of fused-ring (bicyclic) bond motifs is 5. The van der Waals surface area contributed by atoms with Gasteiger partial charge in [-0.1, -0.05) is 37.1 Å². The Morgan fingerprint density at radius 1 is 1.23 bits per heavy atom. The number of carboxylic acids is 1. The number of halogens is 1. The van der Waals surface area contributed by atoms with Crippen LogP contribution in [0.1, 0.15) is 65.2 Å². The number of hydrogen-bond donors (Lipinski definition) is 1. The summed E-state index contributed by atoms with van der Waals surface area (Å²) in [7, 11) is 0. The van der Waals surface area contributed by atoms with E-state index >= 15 is 0 Å². The second-order valence-electron chi connectivity index (χ2n) is 9.58. The summed E-state index contributed by atoms with van der Waals surface area (Å²) in [5.41, 5.74) is 2.51. The van der Waals surface area contributed by atoms with E-state index in [2.05, 4.69) is 19.9 Å². The molecule has 4 aliphatic carbocycles. The maximum atomic E-state index is 11.5. The van der Waals surface area contributed by atoms with Crippen LogP contribution in [0.3, 0.4) is 0 Å². The van der Waals surface area contributed by atoms with Gasteiger partial charge in [-0.2, -0.15) is 0 Å². The predicted molar refractivity (Wildman–Crippen MR) is 102 cm³/mol. The molecule has 2 saturated carbocycles. The Morgan fingerprint density at radius 2 is 1.96 bits per heavy atom. The molecule has 0 aromatic heterocycles. The zero-order valence-corrected chi connectivity index (χ0v) is 16.5. The van der Waals surface area contributed by atoms with E-state index in [1.54, 1.807) is 0 Å². The molecule has 2 fully saturated rings. The van der Waals surface area contributed by atoms with Crippen LogP contribution >= 0.6 is 11.6 Å². The molecule has 6 atom stereocenters. The molecular weight excluding hydrogens is 348 g/mol. The Bertz CT molecular complexity index is 708. The molecule has 0 saturated heterocycles. The summed E-state index contributed by atoms with van der Waals surface area (Å²) in [6.45, 7) is 4.68. The van der Waals surface area contributed by atoms with Crippen LogP contribution in [0.2, 0.25) is 0 Å². The summed E-state index contributed by atoms with van der Waals surface area (Å²) in [6, 6.07) is 0. The standard InChI is InChI=1S/C22H29ClO3/c1-21-7-5-13(10-19(25)26)9-15(21)3-4-16-17(21)6-8-22(2)18(16)11-14(12-24)20(22)23/h3,12-13,16-18H,4-11H2,1-2H3,(H,25,26)/t13-,16+,17-,18-,21-,22-/m0/s1. The van der Waals surface area contributed by atoms with Crippen molar-refractivity contribution in [2.45, 2.75) is 65.2 Å². The van der Waals surface area contributed by atoms with Crippen molar-refractivity contribution in [3.05, 3.63) is 22.3 Å².